The molecule has 1 aliphatic rings. The van der Waals surface area contributed by atoms with Gasteiger partial charge in [0.15, 0.2) is 0 Å². The summed E-state index contributed by atoms with van der Waals surface area (Å²) in [6.45, 7) is 0. The molecule has 1 nitrogen and oxygen atoms in total. The van der Waals surface area contributed by atoms with Gasteiger partial charge in [0, 0.05) is 24.0 Å². The standard InChI is InChI=1S/C14H16O/c1-2-3-4-5-6-9-13-10-7-8-11-14(13)12-15/h1,12H,3-5,7-8,10-11H2. The van der Waals surface area contributed by atoms with Gasteiger partial charge < -0.3 is 0 Å². The molecule has 78 valence electrons. The highest BCUT2D eigenvalue weighted by Crippen LogP contribution is 2.22. The van der Waals surface area contributed by atoms with Crippen LogP contribution < -0.4 is 0 Å². The maximum absolute atomic E-state index is 10.8. The Bertz CT molecular complexity index is 344. The molecular formula is C14H16O. The number of hydrogen-bond acceptors (Lipinski definition) is 1. The summed E-state index contributed by atoms with van der Waals surface area (Å²) in [7, 11) is 0. The molecule has 0 saturated carbocycles. The van der Waals surface area contributed by atoms with Gasteiger partial charge in [-0.3, -0.25) is 4.79 Å². The van der Waals surface area contributed by atoms with E-state index >= 15 is 0 Å². The first-order chi connectivity index (χ1) is 7.38. The molecule has 0 aliphatic heterocycles. The fourth-order valence-electron chi connectivity index (χ4n) is 1.65. The molecule has 0 fully saturated rings. The topological polar surface area (TPSA) is 17.1 Å². The highest BCUT2D eigenvalue weighted by Gasteiger charge is 2.09. The van der Waals surface area contributed by atoms with Gasteiger partial charge in [0.1, 0.15) is 6.29 Å². The summed E-state index contributed by atoms with van der Waals surface area (Å²) in [4.78, 5) is 10.8. The smallest absolute Gasteiger partial charge is 0.146 e. The van der Waals surface area contributed by atoms with Crippen LogP contribution in [0.25, 0.3) is 0 Å². The molecule has 0 bridgehead atoms. The zero-order valence-electron chi connectivity index (χ0n) is 9.01. The van der Waals surface area contributed by atoms with Crippen LogP contribution in [0.3, 0.4) is 0 Å². The molecule has 0 N–H and O–H groups in total. The monoisotopic (exact) mass is 200 g/mol. The van der Waals surface area contributed by atoms with Crippen LogP contribution in [0.15, 0.2) is 11.1 Å². The van der Waals surface area contributed by atoms with E-state index in [0.29, 0.717) is 0 Å². The lowest BCUT2D eigenvalue weighted by molar-refractivity contribution is -0.105. The van der Waals surface area contributed by atoms with Crippen molar-refractivity contribution < 1.29 is 4.79 Å². The van der Waals surface area contributed by atoms with Gasteiger partial charge in [0.2, 0.25) is 0 Å². The third kappa shape index (κ3) is 4.05. The Balaban J connectivity index is 2.51. The maximum atomic E-state index is 10.8. The van der Waals surface area contributed by atoms with Gasteiger partial charge in [-0.25, -0.2) is 0 Å². The average Bonchev–Trinajstić information content (AvgIpc) is 2.29. The van der Waals surface area contributed by atoms with Crippen LogP contribution in [0.4, 0.5) is 0 Å². The number of aldehydes is 1. The summed E-state index contributed by atoms with van der Waals surface area (Å²) >= 11 is 0. The Hall–Kier alpha value is -1.47. The largest absolute Gasteiger partial charge is 0.298 e. The molecule has 0 heterocycles. The lowest BCUT2D eigenvalue weighted by Gasteiger charge is -2.11. The van der Waals surface area contributed by atoms with Crippen molar-refractivity contribution >= 4 is 6.29 Å². The molecule has 0 atom stereocenters. The van der Waals surface area contributed by atoms with E-state index < -0.39 is 0 Å². The van der Waals surface area contributed by atoms with Gasteiger partial charge in [-0.2, -0.15) is 0 Å². The molecule has 0 radical (unpaired) electrons. The number of allylic oxidation sites excluding steroid dienone is 2. The van der Waals surface area contributed by atoms with E-state index in [1.165, 1.54) is 0 Å². The second-order valence-electron chi connectivity index (χ2n) is 3.69. The number of terminal acetylenes is 1. The maximum Gasteiger partial charge on any atom is 0.146 e. The number of rotatable bonds is 3. The molecule has 0 unspecified atom stereocenters. The van der Waals surface area contributed by atoms with Crippen molar-refractivity contribution in [2.24, 2.45) is 0 Å². The second kappa shape index (κ2) is 6.91. The van der Waals surface area contributed by atoms with E-state index in [9.17, 15) is 4.79 Å². The van der Waals surface area contributed by atoms with Crippen molar-refractivity contribution in [2.75, 3.05) is 0 Å². The molecular weight excluding hydrogens is 184 g/mol. The van der Waals surface area contributed by atoms with E-state index in [2.05, 4.69) is 17.8 Å². The van der Waals surface area contributed by atoms with Crippen LogP contribution >= 0.6 is 0 Å². The molecule has 1 rings (SSSR count). The third-order valence-electron chi connectivity index (χ3n) is 2.51. The van der Waals surface area contributed by atoms with Gasteiger partial charge >= 0.3 is 0 Å². The molecule has 0 aromatic heterocycles. The lowest BCUT2D eigenvalue weighted by atomic mass is 9.93. The molecule has 0 spiro atoms. The zero-order chi connectivity index (χ0) is 10.9. The van der Waals surface area contributed by atoms with E-state index in [-0.39, 0.29) is 0 Å². The van der Waals surface area contributed by atoms with Crippen molar-refractivity contribution in [3.63, 3.8) is 0 Å². The average molecular weight is 200 g/mol. The number of carbonyl (C=O) groups excluding carboxylic acids is 1. The van der Waals surface area contributed by atoms with Crippen LogP contribution in [-0.2, 0) is 4.79 Å². The molecule has 1 heteroatoms. The molecule has 0 aromatic rings. The molecule has 0 aromatic carbocycles. The summed E-state index contributed by atoms with van der Waals surface area (Å²) in [5.41, 5.74) is 1.96. The third-order valence-corrected chi connectivity index (χ3v) is 2.51. The van der Waals surface area contributed by atoms with E-state index in [1.54, 1.807) is 0 Å². The quantitative estimate of drug-likeness (QED) is 0.389. The van der Waals surface area contributed by atoms with Crippen molar-refractivity contribution in [3.8, 4) is 24.2 Å². The van der Waals surface area contributed by atoms with Crippen molar-refractivity contribution in [2.45, 2.75) is 44.9 Å². The number of carbonyl (C=O) groups is 1. The second-order valence-corrected chi connectivity index (χ2v) is 3.69. The Morgan fingerprint density at radius 2 is 2.07 bits per heavy atom. The minimum Gasteiger partial charge on any atom is -0.298 e. The van der Waals surface area contributed by atoms with Gasteiger partial charge in [-0.1, -0.05) is 11.8 Å². The van der Waals surface area contributed by atoms with Gasteiger partial charge in [0.25, 0.3) is 0 Å². The minimum absolute atomic E-state index is 0.786. The van der Waals surface area contributed by atoms with Crippen LogP contribution in [0.1, 0.15) is 44.9 Å². The van der Waals surface area contributed by atoms with Crippen LogP contribution in [0.5, 0.6) is 0 Å². The summed E-state index contributed by atoms with van der Waals surface area (Å²) in [5, 5.41) is 0. The fourth-order valence-corrected chi connectivity index (χ4v) is 1.65. The SMILES string of the molecule is C#CCCCC#CC1=C(C=O)CCCC1. The number of hydrogen-bond donors (Lipinski definition) is 0. The molecule has 0 saturated heterocycles. The molecule has 15 heavy (non-hydrogen) atoms. The summed E-state index contributed by atoms with van der Waals surface area (Å²) in [6.07, 6.45) is 12.8. The normalized spacial score (nSPS) is 15.1. The molecule has 1 aliphatic carbocycles. The highest BCUT2D eigenvalue weighted by atomic mass is 16.1. The first-order valence-corrected chi connectivity index (χ1v) is 5.48. The van der Waals surface area contributed by atoms with Crippen LogP contribution in [0.2, 0.25) is 0 Å². The fraction of sp³-hybridized carbons (Fsp3) is 0.500. The number of unbranched alkanes of at least 4 members (excludes halogenated alkanes) is 2. The minimum atomic E-state index is 0.786. The summed E-state index contributed by atoms with van der Waals surface area (Å²) < 4.78 is 0. The van der Waals surface area contributed by atoms with Gasteiger partial charge in [0.05, 0.1) is 0 Å². The van der Waals surface area contributed by atoms with Crippen molar-refractivity contribution in [3.05, 3.63) is 11.1 Å². The van der Waals surface area contributed by atoms with Gasteiger partial charge in [-0.05, 0) is 32.1 Å². The first-order valence-electron chi connectivity index (χ1n) is 5.48. The summed E-state index contributed by atoms with van der Waals surface area (Å²) in [6, 6.07) is 0. The van der Waals surface area contributed by atoms with Crippen molar-refractivity contribution in [1.29, 1.82) is 0 Å². The lowest BCUT2D eigenvalue weighted by Crippen LogP contribution is -1.99. The Labute approximate surface area is 91.9 Å². The Morgan fingerprint density at radius 1 is 1.27 bits per heavy atom. The first kappa shape index (κ1) is 11.6. The Kier molecular flexibility index (Phi) is 5.34. The van der Waals surface area contributed by atoms with E-state index in [0.717, 1.165) is 62.4 Å². The predicted molar refractivity (Wildman–Crippen MR) is 62.0 cm³/mol. The van der Waals surface area contributed by atoms with Crippen LogP contribution in [0, 0.1) is 24.2 Å². The van der Waals surface area contributed by atoms with Gasteiger partial charge in [-0.15, -0.1) is 12.3 Å². The van der Waals surface area contributed by atoms with E-state index in [1.807, 2.05) is 0 Å². The summed E-state index contributed by atoms with van der Waals surface area (Å²) in [5.74, 6) is 8.79. The van der Waals surface area contributed by atoms with E-state index in [4.69, 9.17) is 6.42 Å². The predicted octanol–water partition coefficient (Wildman–Crippen LogP) is 2.86. The zero-order valence-corrected chi connectivity index (χ0v) is 9.01. The van der Waals surface area contributed by atoms with Crippen molar-refractivity contribution in [1.82, 2.24) is 0 Å². The highest BCUT2D eigenvalue weighted by molar-refractivity contribution is 5.76. The molecule has 0 amide bonds. The Morgan fingerprint density at radius 3 is 2.80 bits per heavy atom. The van der Waals surface area contributed by atoms with Crippen LogP contribution in [-0.4, -0.2) is 6.29 Å².